The standard InChI is InChI=1S/C13H21NO.2C2H6/c1-9(2)6-12(14)8-11-4-5-13(15)10(3)7-11;2*1-2/h4-5,7,9,12,15H,6,8,14H2,1-3H3;2*1-2H3. The largest absolute Gasteiger partial charge is 0.508 e. The Morgan fingerprint density at radius 1 is 1.11 bits per heavy atom. The molecule has 0 saturated heterocycles. The van der Waals surface area contributed by atoms with Crippen molar-refractivity contribution in [2.24, 2.45) is 11.7 Å². The van der Waals surface area contributed by atoms with Gasteiger partial charge in [0, 0.05) is 6.04 Å². The lowest BCUT2D eigenvalue weighted by atomic mass is 9.97. The summed E-state index contributed by atoms with van der Waals surface area (Å²) >= 11 is 0. The second kappa shape index (κ2) is 12.0. The molecule has 3 N–H and O–H groups in total. The Kier molecular flexibility index (Phi) is 12.9. The van der Waals surface area contributed by atoms with Crippen LogP contribution in [0, 0.1) is 12.8 Å². The molecular weight excluding hydrogens is 234 g/mol. The zero-order valence-electron chi connectivity index (χ0n) is 13.8. The molecule has 0 aromatic heterocycles. The van der Waals surface area contributed by atoms with E-state index in [1.54, 1.807) is 6.07 Å². The average molecular weight is 267 g/mol. The molecule has 0 amide bonds. The molecule has 0 heterocycles. The molecule has 1 aromatic carbocycles. The van der Waals surface area contributed by atoms with E-state index < -0.39 is 0 Å². The molecule has 0 aliphatic heterocycles. The Hall–Kier alpha value is -1.02. The fraction of sp³-hybridized carbons (Fsp3) is 0.647. The van der Waals surface area contributed by atoms with Gasteiger partial charge >= 0.3 is 0 Å². The van der Waals surface area contributed by atoms with E-state index in [1.165, 1.54) is 5.56 Å². The predicted octanol–water partition coefficient (Wildman–Crippen LogP) is 4.67. The van der Waals surface area contributed by atoms with Gasteiger partial charge in [-0.3, -0.25) is 0 Å². The summed E-state index contributed by atoms with van der Waals surface area (Å²) in [5.41, 5.74) is 8.16. The Balaban J connectivity index is 0. The normalized spacial score (nSPS) is 11.0. The van der Waals surface area contributed by atoms with Gasteiger partial charge in [0.05, 0.1) is 0 Å². The third-order valence-corrected chi connectivity index (χ3v) is 2.53. The molecule has 2 nitrogen and oxygen atoms in total. The molecule has 1 unspecified atom stereocenters. The lowest BCUT2D eigenvalue weighted by Gasteiger charge is -2.14. The van der Waals surface area contributed by atoms with Gasteiger partial charge in [0.1, 0.15) is 5.75 Å². The minimum Gasteiger partial charge on any atom is -0.508 e. The molecule has 0 aliphatic rings. The van der Waals surface area contributed by atoms with Gasteiger partial charge < -0.3 is 10.8 Å². The van der Waals surface area contributed by atoms with Crippen LogP contribution in [-0.4, -0.2) is 11.1 Å². The van der Waals surface area contributed by atoms with E-state index in [0.717, 1.165) is 18.4 Å². The van der Waals surface area contributed by atoms with E-state index in [4.69, 9.17) is 5.73 Å². The van der Waals surface area contributed by atoms with Gasteiger partial charge in [0.15, 0.2) is 0 Å². The topological polar surface area (TPSA) is 46.2 Å². The van der Waals surface area contributed by atoms with Crippen molar-refractivity contribution >= 4 is 0 Å². The third kappa shape index (κ3) is 9.54. The Morgan fingerprint density at radius 3 is 2.05 bits per heavy atom. The molecule has 1 rings (SSSR count). The van der Waals surface area contributed by atoms with Crippen molar-refractivity contribution in [2.75, 3.05) is 0 Å². The number of nitrogens with two attached hydrogens (primary N) is 1. The van der Waals surface area contributed by atoms with Crippen molar-refractivity contribution < 1.29 is 5.11 Å². The van der Waals surface area contributed by atoms with E-state index in [0.29, 0.717) is 11.7 Å². The molecule has 0 spiro atoms. The zero-order chi connectivity index (χ0) is 15.4. The van der Waals surface area contributed by atoms with Crippen LogP contribution < -0.4 is 5.73 Å². The summed E-state index contributed by atoms with van der Waals surface area (Å²) in [5, 5.41) is 9.39. The van der Waals surface area contributed by atoms with E-state index in [1.807, 2.05) is 46.8 Å². The first kappa shape index (κ1) is 20.3. The van der Waals surface area contributed by atoms with Gasteiger partial charge in [-0.25, -0.2) is 0 Å². The van der Waals surface area contributed by atoms with Crippen molar-refractivity contribution in [3.8, 4) is 5.75 Å². The van der Waals surface area contributed by atoms with Crippen LogP contribution in [0.15, 0.2) is 18.2 Å². The monoisotopic (exact) mass is 267 g/mol. The highest BCUT2D eigenvalue weighted by molar-refractivity contribution is 5.35. The number of aryl methyl sites for hydroxylation is 1. The molecule has 0 bridgehead atoms. The minimum atomic E-state index is 0.217. The fourth-order valence-electron chi connectivity index (χ4n) is 1.84. The highest BCUT2D eigenvalue weighted by Crippen LogP contribution is 2.18. The Morgan fingerprint density at radius 2 is 1.63 bits per heavy atom. The number of rotatable bonds is 4. The number of phenolic OH excluding ortho intramolecular Hbond substituents is 1. The van der Waals surface area contributed by atoms with Gasteiger partial charge in [0.2, 0.25) is 0 Å². The number of hydrogen-bond donors (Lipinski definition) is 2. The quantitative estimate of drug-likeness (QED) is 0.832. The van der Waals surface area contributed by atoms with Crippen LogP contribution >= 0.6 is 0 Å². The maximum absolute atomic E-state index is 9.39. The first-order valence-electron chi connectivity index (χ1n) is 7.53. The average Bonchev–Trinajstić information content (AvgIpc) is 2.38. The van der Waals surface area contributed by atoms with Crippen LogP contribution in [0.5, 0.6) is 5.75 Å². The van der Waals surface area contributed by atoms with Crippen LogP contribution in [0.25, 0.3) is 0 Å². The van der Waals surface area contributed by atoms with Crippen LogP contribution in [0.4, 0.5) is 0 Å². The predicted molar refractivity (Wildman–Crippen MR) is 86.7 cm³/mol. The number of aromatic hydroxyl groups is 1. The van der Waals surface area contributed by atoms with E-state index >= 15 is 0 Å². The summed E-state index contributed by atoms with van der Waals surface area (Å²) in [6, 6.07) is 5.92. The number of hydrogen-bond acceptors (Lipinski definition) is 2. The molecule has 0 radical (unpaired) electrons. The summed E-state index contributed by atoms with van der Waals surface area (Å²) in [7, 11) is 0. The summed E-state index contributed by atoms with van der Waals surface area (Å²) in [6.07, 6.45) is 1.93. The van der Waals surface area contributed by atoms with Crippen LogP contribution in [-0.2, 0) is 6.42 Å². The van der Waals surface area contributed by atoms with Crippen molar-refractivity contribution in [1.29, 1.82) is 0 Å². The molecule has 0 saturated carbocycles. The lowest BCUT2D eigenvalue weighted by molar-refractivity contribution is 0.469. The minimum absolute atomic E-state index is 0.217. The maximum atomic E-state index is 9.39. The van der Waals surface area contributed by atoms with E-state index in [9.17, 15) is 5.11 Å². The SMILES string of the molecule is CC.CC.Cc1cc(CC(N)CC(C)C)ccc1O. The van der Waals surface area contributed by atoms with E-state index in [-0.39, 0.29) is 6.04 Å². The lowest BCUT2D eigenvalue weighted by Crippen LogP contribution is -2.24. The second-order valence-electron chi connectivity index (χ2n) is 4.71. The van der Waals surface area contributed by atoms with Gasteiger partial charge in [-0.2, -0.15) is 0 Å². The molecule has 1 atom stereocenters. The first-order chi connectivity index (χ1) is 8.99. The maximum Gasteiger partial charge on any atom is 0.118 e. The molecular formula is C17H33NO. The van der Waals surface area contributed by atoms with Crippen LogP contribution in [0.3, 0.4) is 0 Å². The molecule has 1 aromatic rings. The van der Waals surface area contributed by atoms with Crippen LogP contribution in [0.1, 0.15) is 59.1 Å². The summed E-state index contributed by atoms with van der Waals surface area (Å²) in [6.45, 7) is 14.3. The zero-order valence-corrected chi connectivity index (χ0v) is 13.8. The smallest absolute Gasteiger partial charge is 0.118 e. The van der Waals surface area contributed by atoms with E-state index in [2.05, 4.69) is 13.8 Å². The van der Waals surface area contributed by atoms with Crippen molar-refractivity contribution in [3.63, 3.8) is 0 Å². The third-order valence-electron chi connectivity index (χ3n) is 2.53. The number of benzene rings is 1. The molecule has 0 aliphatic carbocycles. The molecule has 112 valence electrons. The number of phenols is 1. The fourth-order valence-corrected chi connectivity index (χ4v) is 1.84. The first-order valence-corrected chi connectivity index (χ1v) is 7.53. The highest BCUT2D eigenvalue weighted by atomic mass is 16.3. The van der Waals surface area contributed by atoms with Crippen LogP contribution in [0.2, 0.25) is 0 Å². The Bertz CT molecular complexity index is 321. The molecule has 19 heavy (non-hydrogen) atoms. The van der Waals surface area contributed by atoms with Gasteiger partial charge in [0.25, 0.3) is 0 Å². The van der Waals surface area contributed by atoms with Gasteiger partial charge in [-0.1, -0.05) is 53.7 Å². The van der Waals surface area contributed by atoms with Crippen molar-refractivity contribution in [1.82, 2.24) is 0 Å². The van der Waals surface area contributed by atoms with Crippen molar-refractivity contribution in [2.45, 2.75) is 67.3 Å². The van der Waals surface area contributed by atoms with Crippen molar-refractivity contribution in [3.05, 3.63) is 29.3 Å². The Labute approximate surface area is 120 Å². The molecule has 2 heteroatoms. The summed E-state index contributed by atoms with van der Waals surface area (Å²) < 4.78 is 0. The molecule has 0 fully saturated rings. The highest BCUT2D eigenvalue weighted by Gasteiger charge is 2.07. The second-order valence-corrected chi connectivity index (χ2v) is 4.71. The summed E-state index contributed by atoms with van der Waals surface area (Å²) in [5.74, 6) is 0.995. The summed E-state index contributed by atoms with van der Waals surface area (Å²) in [4.78, 5) is 0. The van der Waals surface area contributed by atoms with Gasteiger partial charge in [-0.15, -0.1) is 0 Å². The van der Waals surface area contributed by atoms with Gasteiger partial charge in [-0.05, 0) is 42.9 Å².